The van der Waals surface area contributed by atoms with Crippen molar-refractivity contribution in [2.75, 3.05) is 16.0 Å². The first-order valence-corrected chi connectivity index (χ1v) is 12.6. The first kappa shape index (κ1) is 25.0. The van der Waals surface area contributed by atoms with Crippen LogP contribution in [0.4, 0.5) is 17.2 Å². The molecule has 3 N–H and O–H groups in total. The Morgan fingerprint density at radius 2 is 1.53 bits per heavy atom. The van der Waals surface area contributed by atoms with Gasteiger partial charge in [0.1, 0.15) is 17.4 Å². The number of rotatable bonds is 5. The molecule has 0 bridgehead atoms. The van der Waals surface area contributed by atoms with E-state index >= 15 is 0 Å². The fourth-order valence-electron chi connectivity index (χ4n) is 4.84. The predicted octanol–water partition coefficient (Wildman–Crippen LogP) is 6.30. The highest BCUT2D eigenvalue weighted by Crippen LogP contribution is 2.38. The van der Waals surface area contributed by atoms with Gasteiger partial charge in [-0.25, -0.2) is 4.68 Å². The molecule has 2 heterocycles. The Labute approximate surface area is 222 Å². The summed E-state index contributed by atoms with van der Waals surface area (Å²) in [5, 5.41) is 13.9. The molecule has 192 valence electrons. The lowest BCUT2D eigenvalue weighted by Crippen LogP contribution is -2.32. The number of aryl methyl sites for hydroxylation is 4. The Hall–Kier alpha value is -4.65. The molecule has 0 saturated carbocycles. The minimum absolute atomic E-state index is 0.222. The van der Waals surface area contributed by atoms with Gasteiger partial charge in [0, 0.05) is 17.1 Å². The number of carbonyl (C=O) groups excluding carboxylic acids is 2. The molecule has 0 aliphatic carbocycles. The van der Waals surface area contributed by atoms with Gasteiger partial charge in [0.2, 0.25) is 0 Å². The molecule has 0 fully saturated rings. The van der Waals surface area contributed by atoms with Crippen molar-refractivity contribution < 1.29 is 9.59 Å². The lowest BCUT2D eigenvalue weighted by Gasteiger charge is -2.30. The van der Waals surface area contributed by atoms with E-state index in [1.165, 1.54) is 0 Å². The van der Waals surface area contributed by atoms with E-state index in [4.69, 9.17) is 0 Å². The van der Waals surface area contributed by atoms with Crippen LogP contribution in [0.25, 0.3) is 0 Å². The molecule has 1 aromatic heterocycles. The number of carbonyl (C=O) groups is 2. The lowest BCUT2D eigenvalue weighted by molar-refractivity contribution is -0.113. The van der Waals surface area contributed by atoms with Gasteiger partial charge in [-0.05, 0) is 63.9 Å². The van der Waals surface area contributed by atoms with Gasteiger partial charge in [0.25, 0.3) is 11.8 Å². The number of hydrogen-bond donors (Lipinski definition) is 3. The number of aromatic nitrogens is 2. The van der Waals surface area contributed by atoms with Crippen molar-refractivity contribution in [1.29, 1.82) is 0 Å². The van der Waals surface area contributed by atoms with Crippen LogP contribution in [0.5, 0.6) is 0 Å². The summed E-state index contributed by atoms with van der Waals surface area (Å²) < 4.78 is 1.72. The van der Waals surface area contributed by atoms with Gasteiger partial charge >= 0.3 is 0 Å². The zero-order valence-electron chi connectivity index (χ0n) is 22.2. The lowest BCUT2D eigenvalue weighted by atomic mass is 9.93. The van der Waals surface area contributed by atoms with E-state index in [1.807, 2.05) is 101 Å². The summed E-state index contributed by atoms with van der Waals surface area (Å²) in [6.45, 7) is 9.87. The summed E-state index contributed by atoms with van der Waals surface area (Å²) in [5.74, 6) is 0.0449. The number of nitrogens with zero attached hydrogens (tertiary/aromatic N) is 2. The predicted molar refractivity (Wildman–Crippen MR) is 152 cm³/mol. The van der Waals surface area contributed by atoms with Crippen molar-refractivity contribution in [2.24, 2.45) is 0 Å². The largest absolute Gasteiger partial charge is 0.343 e. The van der Waals surface area contributed by atoms with E-state index < -0.39 is 6.04 Å². The maximum Gasteiger partial charge on any atom is 0.261 e. The second kappa shape index (κ2) is 10.0. The zero-order valence-corrected chi connectivity index (χ0v) is 22.2. The number of amides is 2. The van der Waals surface area contributed by atoms with E-state index in [9.17, 15) is 9.59 Å². The average molecular weight is 506 g/mol. The highest BCUT2D eigenvalue weighted by Gasteiger charge is 2.35. The summed E-state index contributed by atoms with van der Waals surface area (Å²) >= 11 is 0. The highest BCUT2D eigenvalue weighted by atomic mass is 16.2. The minimum Gasteiger partial charge on any atom is -0.343 e. The molecule has 1 aliphatic rings. The van der Waals surface area contributed by atoms with Crippen LogP contribution >= 0.6 is 0 Å². The van der Waals surface area contributed by atoms with Crippen molar-refractivity contribution in [3.63, 3.8) is 0 Å². The van der Waals surface area contributed by atoms with Gasteiger partial charge in [0.05, 0.1) is 11.8 Å². The summed E-state index contributed by atoms with van der Waals surface area (Å²) in [4.78, 5) is 27.0. The maximum absolute atomic E-state index is 13.8. The van der Waals surface area contributed by atoms with E-state index in [0.29, 0.717) is 28.3 Å². The Morgan fingerprint density at radius 1 is 0.816 bits per heavy atom. The minimum atomic E-state index is -0.516. The Balaban J connectivity index is 1.54. The van der Waals surface area contributed by atoms with Crippen molar-refractivity contribution in [3.8, 4) is 0 Å². The van der Waals surface area contributed by atoms with Crippen LogP contribution in [-0.2, 0) is 4.79 Å². The molecule has 1 aliphatic heterocycles. The smallest absolute Gasteiger partial charge is 0.261 e. The number of allylic oxidation sites excluding steroid dienone is 1. The molecule has 0 saturated heterocycles. The van der Waals surface area contributed by atoms with Crippen molar-refractivity contribution in [1.82, 2.24) is 9.78 Å². The molecule has 3 aromatic carbocycles. The van der Waals surface area contributed by atoms with Crippen LogP contribution < -0.4 is 16.0 Å². The van der Waals surface area contributed by atoms with Gasteiger partial charge in [-0.2, -0.15) is 5.10 Å². The zero-order chi connectivity index (χ0) is 27.0. The number of fused-ring (bicyclic) bond motifs is 1. The number of nitrogens with one attached hydrogen (secondary N) is 3. The summed E-state index contributed by atoms with van der Waals surface area (Å²) in [6, 6.07) is 21.1. The number of anilines is 3. The maximum atomic E-state index is 13.8. The Morgan fingerprint density at radius 3 is 2.24 bits per heavy atom. The van der Waals surface area contributed by atoms with E-state index in [-0.39, 0.29) is 11.8 Å². The molecule has 5 rings (SSSR count). The van der Waals surface area contributed by atoms with Gasteiger partial charge < -0.3 is 16.0 Å². The van der Waals surface area contributed by atoms with Crippen LogP contribution in [0, 0.1) is 27.7 Å². The summed E-state index contributed by atoms with van der Waals surface area (Å²) in [5.41, 5.74) is 8.27. The fraction of sp³-hybridized carbons (Fsp3) is 0.194. The fourth-order valence-corrected chi connectivity index (χ4v) is 4.84. The molecule has 0 spiro atoms. The van der Waals surface area contributed by atoms with Crippen molar-refractivity contribution in [3.05, 3.63) is 118 Å². The van der Waals surface area contributed by atoms with Crippen LogP contribution in [-0.4, -0.2) is 21.6 Å². The normalized spacial score (nSPS) is 14.5. The molecule has 38 heavy (non-hydrogen) atoms. The van der Waals surface area contributed by atoms with Gasteiger partial charge in [0.15, 0.2) is 0 Å². The first-order chi connectivity index (χ1) is 18.2. The van der Waals surface area contributed by atoms with E-state index in [0.717, 1.165) is 33.5 Å². The van der Waals surface area contributed by atoms with E-state index in [2.05, 4.69) is 21.0 Å². The second-order valence-corrected chi connectivity index (χ2v) is 9.92. The van der Waals surface area contributed by atoms with Crippen LogP contribution in [0.1, 0.15) is 51.1 Å². The van der Waals surface area contributed by atoms with Crippen molar-refractivity contribution in [2.45, 2.75) is 40.7 Å². The topological polar surface area (TPSA) is 88.0 Å². The Bertz CT molecular complexity index is 1580. The first-order valence-electron chi connectivity index (χ1n) is 12.6. The molecular weight excluding hydrogens is 474 g/mol. The quantitative estimate of drug-likeness (QED) is 0.297. The third kappa shape index (κ3) is 4.83. The third-order valence-electron chi connectivity index (χ3n) is 6.81. The standard InChI is InChI=1S/C31H31N5O2/c1-18-9-12-24(13-10-18)34-30(37)25-17-32-36-28(23-8-6-7-19(2)16-23)27(22(5)33-29(25)36)31(38)35-26-14-11-20(3)15-21(26)4/h6-17,28,33H,1-5H3,(H,34,37)(H,35,38)/t28-/m1/s1. The summed E-state index contributed by atoms with van der Waals surface area (Å²) in [7, 11) is 0. The molecule has 0 radical (unpaired) electrons. The Kier molecular flexibility index (Phi) is 6.59. The van der Waals surface area contributed by atoms with Gasteiger partial charge in [-0.1, -0.05) is 65.2 Å². The molecule has 2 amide bonds. The third-order valence-corrected chi connectivity index (χ3v) is 6.81. The molecule has 0 unspecified atom stereocenters. The SMILES string of the molecule is CC1=C(C(=O)Nc2ccc(C)cc2C)[C@@H](c2cccc(C)c2)n2ncc(C(=O)Nc3ccc(C)cc3)c2N1. The van der Waals surface area contributed by atoms with Crippen LogP contribution in [0.15, 0.2) is 84.2 Å². The monoisotopic (exact) mass is 505 g/mol. The van der Waals surface area contributed by atoms with Gasteiger partial charge in [-0.15, -0.1) is 0 Å². The van der Waals surface area contributed by atoms with Crippen molar-refractivity contribution >= 4 is 29.0 Å². The number of hydrogen-bond acceptors (Lipinski definition) is 4. The summed E-state index contributed by atoms with van der Waals surface area (Å²) in [6.07, 6.45) is 1.55. The van der Waals surface area contributed by atoms with Crippen LogP contribution in [0.3, 0.4) is 0 Å². The average Bonchev–Trinajstić information content (AvgIpc) is 3.29. The highest BCUT2D eigenvalue weighted by molar-refractivity contribution is 6.09. The number of benzene rings is 3. The second-order valence-electron chi connectivity index (χ2n) is 9.92. The van der Waals surface area contributed by atoms with Gasteiger partial charge in [-0.3, -0.25) is 9.59 Å². The molecule has 7 nitrogen and oxygen atoms in total. The molecule has 7 heteroatoms. The molecule has 1 atom stereocenters. The molecular formula is C31H31N5O2. The van der Waals surface area contributed by atoms with E-state index in [1.54, 1.807) is 10.9 Å². The molecule has 4 aromatic rings. The van der Waals surface area contributed by atoms with Crippen LogP contribution in [0.2, 0.25) is 0 Å².